The Morgan fingerprint density at radius 1 is 1.36 bits per heavy atom. The van der Waals surface area contributed by atoms with Crippen molar-refractivity contribution < 1.29 is 27.6 Å². The summed E-state index contributed by atoms with van der Waals surface area (Å²) in [6, 6.07) is 1.67. The molecule has 0 aliphatic carbocycles. The predicted octanol–water partition coefficient (Wildman–Crippen LogP) is 1.08. The summed E-state index contributed by atoms with van der Waals surface area (Å²) in [6.07, 6.45) is -2.23. The van der Waals surface area contributed by atoms with E-state index < -0.39 is 17.7 Å². The average Bonchev–Trinajstić information content (AvgIpc) is 2.02. The van der Waals surface area contributed by atoms with Crippen molar-refractivity contribution >= 4 is 5.97 Å². The third kappa shape index (κ3) is 2.72. The van der Waals surface area contributed by atoms with Gasteiger partial charge in [-0.3, -0.25) is 0 Å². The van der Waals surface area contributed by atoms with Crippen molar-refractivity contribution in [1.29, 1.82) is 0 Å². The highest BCUT2D eigenvalue weighted by molar-refractivity contribution is 5.64. The van der Waals surface area contributed by atoms with Gasteiger partial charge in [0.25, 0.3) is 0 Å². The summed E-state index contributed by atoms with van der Waals surface area (Å²) in [5.74, 6) is -1.10. The van der Waals surface area contributed by atoms with E-state index in [9.17, 15) is 18.0 Å². The summed E-state index contributed by atoms with van der Waals surface area (Å²) < 4.78 is 37.3. The summed E-state index contributed by atoms with van der Waals surface area (Å²) in [7, 11) is 0. The predicted molar refractivity (Wildman–Crippen MR) is 39.3 cm³/mol. The lowest BCUT2D eigenvalue weighted by Gasteiger charge is -2.03. The lowest BCUT2D eigenvalue weighted by Crippen LogP contribution is -2.37. The van der Waals surface area contributed by atoms with Gasteiger partial charge in [-0.1, -0.05) is 0 Å². The molecule has 3 nitrogen and oxygen atoms in total. The van der Waals surface area contributed by atoms with Crippen LogP contribution in [-0.2, 0) is 17.5 Å². The second-order valence-corrected chi connectivity index (χ2v) is 2.65. The Balaban J connectivity index is 2.84. The second kappa shape index (κ2) is 3.65. The van der Waals surface area contributed by atoms with E-state index in [0.717, 1.165) is 29.1 Å². The number of carboxylic acid groups (broad SMARTS) is 1. The molecule has 6 heteroatoms. The van der Waals surface area contributed by atoms with Gasteiger partial charge >= 0.3 is 12.1 Å². The van der Waals surface area contributed by atoms with Gasteiger partial charge in [-0.25, -0.2) is 4.79 Å². The van der Waals surface area contributed by atoms with Gasteiger partial charge in [0.1, 0.15) is 0 Å². The molecular formula is C8H7F3NO2+. The maximum absolute atomic E-state index is 12.1. The molecule has 0 bridgehead atoms. The molecule has 0 radical (unpaired) electrons. The Bertz CT molecular complexity index is 331. The number of halogens is 3. The molecule has 0 unspecified atom stereocenters. The van der Waals surface area contributed by atoms with Crippen molar-refractivity contribution in [2.24, 2.45) is 0 Å². The lowest BCUT2D eigenvalue weighted by atomic mass is 10.2. The van der Waals surface area contributed by atoms with Crippen LogP contribution in [0.25, 0.3) is 0 Å². The summed E-state index contributed by atoms with van der Waals surface area (Å²) in [5.41, 5.74) is -0.792. The summed E-state index contributed by atoms with van der Waals surface area (Å²) in [5, 5.41) is 8.35. The number of aromatic nitrogens is 1. The molecule has 1 rings (SSSR count). The van der Waals surface area contributed by atoms with Crippen molar-refractivity contribution in [3.05, 3.63) is 30.1 Å². The van der Waals surface area contributed by atoms with E-state index in [4.69, 9.17) is 5.11 Å². The first-order valence-corrected chi connectivity index (χ1v) is 3.67. The Kier molecular flexibility index (Phi) is 2.73. The van der Waals surface area contributed by atoms with Crippen LogP contribution in [0, 0.1) is 0 Å². The van der Waals surface area contributed by atoms with E-state index in [1.807, 2.05) is 0 Å². The average molecular weight is 206 g/mol. The minimum Gasteiger partial charge on any atom is -0.477 e. The Hall–Kier alpha value is -1.59. The highest BCUT2D eigenvalue weighted by Gasteiger charge is 2.31. The lowest BCUT2D eigenvalue weighted by molar-refractivity contribution is -0.686. The number of alkyl halides is 3. The van der Waals surface area contributed by atoms with Gasteiger partial charge in [0.05, 0.1) is 5.56 Å². The van der Waals surface area contributed by atoms with E-state index in [-0.39, 0.29) is 6.54 Å². The fourth-order valence-corrected chi connectivity index (χ4v) is 0.908. The van der Waals surface area contributed by atoms with E-state index >= 15 is 0 Å². The number of hydrogen-bond donors (Lipinski definition) is 1. The van der Waals surface area contributed by atoms with Crippen LogP contribution in [0.15, 0.2) is 24.5 Å². The Labute approximate surface area is 77.4 Å². The minimum absolute atomic E-state index is 0.349. The van der Waals surface area contributed by atoms with Gasteiger partial charge in [-0.2, -0.15) is 17.7 Å². The second-order valence-electron chi connectivity index (χ2n) is 2.65. The van der Waals surface area contributed by atoms with Crippen molar-refractivity contribution in [2.45, 2.75) is 12.7 Å². The third-order valence-corrected chi connectivity index (χ3v) is 1.54. The minimum atomic E-state index is -4.39. The SMILES string of the molecule is O=C(O)C[n+]1ccc(C(F)(F)F)cc1. The van der Waals surface area contributed by atoms with Gasteiger partial charge < -0.3 is 5.11 Å². The third-order valence-electron chi connectivity index (χ3n) is 1.54. The van der Waals surface area contributed by atoms with E-state index in [0.29, 0.717) is 0 Å². The molecule has 0 saturated carbocycles. The quantitative estimate of drug-likeness (QED) is 0.735. The summed E-state index contributed by atoms with van der Waals surface area (Å²) >= 11 is 0. The van der Waals surface area contributed by atoms with Crippen LogP contribution in [0.5, 0.6) is 0 Å². The maximum atomic E-state index is 12.1. The molecule has 0 aliphatic rings. The maximum Gasteiger partial charge on any atom is 0.416 e. The molecule has 0 spiro atoms. The van der Waals surface area contributed by atoms with E-state index in [2.05, 4.69) is 0 Å². The number of nitrogens with zero attached hydrogens (tertiary/aromatic N) is 1. The number of pyridine rings is 1. The van der Waals surface area contributed by atoms with Gasteiger partial charge in [-0.05, 0) is 0 Å². The van der Waals surface area contributed by atoms with Crippen LogP contribution in [-0.4, -0.2) is 11.1 Å². The van der Waals surface area contributed by atoms with Crippen LogP contribution in [0.4, 0.5) is 13.2 Å². The molecule has 0 aliphatic heterocycles. The molecule has 76 valence electrons. The highest BCUT2D eigenvalue weighted by atomic mass is 19.4. The molecule has 1 heterocycles. The van der Waals surface area contributed by atoms with Crippen LogP contribution in [0.3, 0.4) is 0 Å². The zero-order valence-electron chi connectivity index (χ0n) is 6.95. The summed E-state index contributed by atoms with van der Waals surface area (Å²) in [4.78, 5) is 10.2. The van der Waals surface area contributed by atoms with Crippen LogP contribution >= 0.6 is 0 Å². The first kappa shape index (κ1) is 10.5. The normalized spacial score (nSPS) is 11.4. The van der Waals surface area contributed by atoms with Gasteiger partial charge in [0.2, 0.25) is 6.54 Å². The molecule has 0 amide bonds. The van der Waals surface area contributed by atoms with Crippen molar-refractivity contribution in [3.8, 4) is 0 Å². The largest absolute Gasteiger partial charge is 0.477 e. The first-order valence-electron chi connectivity index (χ1n) is 3.67. The number of carbonyl (C=O) groups is 1. The molecule has 1 N–H and O–H groups in total. The van der Waals surface area contributed by atoms with Gasteiger partial charge in [0.15, 0.2) is 12.4 Å². The monoisotopic (exact) mass is 206 g/mol. The van der Waals surface area contributed by atoms with Crippen molar-refractivity contribution in [2.75, 3.05) is 0 Å². The fourth-order valence-electron chi connectivity index (χ4n) is 0.908. The molecular weight excluding hydrogens is 199 g/mol. The zero-order chi connectivity index (χ0) is 10.8. The fraction of sp³-hybridized carbons (Fsp3) is 0.250. The molecule has 1 aromatic rings. The van der Waals surface area contributed by atoms with Gasteiger partial charge in [-0.15, -0.1) is 0 Å². The van der Waals surface area contributed by atoms with Crippen LogP contribution in [0.1, 0.15) is 5.56 Å². The highest BCUT2D eigenvalue weighted by Crippen LogP contribution is 2.27. The summed E-state index contributed by atoms with van der Waals surface area (Å²) in [6.45, 7) is -0.349. The number of rotatable bonds is 2. The molecule has 14 heavy (non-hydrogen) atoms. The Morgan fingerprint density at radius 2 is 1.86 bits per heavy atom. The molecule has 0 saturated heterocycles. The smallest absolute Gasteiger partial charge is 0.416 e. The number of aliphatic carboxylic acids is 1. The van der Waals surface area contributed by atoms with Crippen molar-refractivity contribution in [1.82, 2.24) is 0 Å². The standard InChI is InChI=1S/C8H6F3NO2/c9-8(10,11)6-1-3-12(4-2-6)5-7(13)14/h1-4H,5H2/p+1. The molecule has 0 atom stereocenters. The number of hydrogen-bond acceptors (Lipinski definition) is 1. The molecule has 1 aromatic heterocycles. The topological polar surface area (TPSA) is 41.2 Å². The number of carboxylic acids is 1. The van der Waals surface area contributed by atoms with Crippen LogP contribution in [0.2, 0.25) is 0 Å². The van der Waals surface area contributed by atoms with Gasteiger partial charge in [0, 0.05) is 12.1 Å². The molecule has 0 aromatic carbocycles. The van der Waals surface area contributed by atoms with E-state index in [1.54, 1.807) is 0 Å². The Morgan fingerprint density at radius 3 is 2.21 bits per heavy atom. The van der Waals surface area contributed by atoms with Crippen molar-refractivity contribution in [3.63, 3.8) is 0 Å². The van der Waals surface area contributed by atoms with E-state index in [1.165, 1.54) is 0 Å². The first-order chi connectivity index (χ1) is 6.39. The van der Waals surface area contributed by atoms with Crippen LogP contribution < -0.4 is 4.57 Å². The molecule has 0 fully saturated rings. The zero-order valence-corrected chi connectivity index (χ0v) is 6.95.